The first kappa shape index (κ1) is 14.1. The third kappa shape index (κ3) is 2.97. The first-order valence-electron chi connectivity index (χ1n) is 7.22. The molecule has 0 bridgehead atoms. The van der Waals surface area contributed by atoms with Gasteiger partial charge in [0.15, 0.2) is 0 Å². The molecule has 4 heteroatoms. The average molecular weight is 314 g/mol. The van der Waals surface area contributed by atoms with Crippen molar-refractivity contribution in [3.8, 4) is 0 Å². The van der Waals surface area contributed by atoms with Gasteiger partial charge in [-0.2, -0.15) is 5.10 Å². The summed E-state index contributed by atoms with van der Waals surface area (Å²) in [5, 5.41) is 8.14. The predicted molar refractivity (Wildman–Crippen MR) is 78.6 cm³/mol. The van der Waals surface area contributed by atoms with Gasteiger partial charge in [-0.3, -0.25) is 4.68 Å². The summed E-state index contributed by atoms with van der Waals surface area (Å²) in [6.45, 7) is 6.31. The molecule has 0 spiro atoms. The van der Waals surface area contributed by atoms with E-state index in [0.29, 0.717) is 6.04 Å². The van der Waals surface area contributed by atoms with Crippen LogP contribution in [0.2, 0.25) is 0 Å². The molecule has 0 amide bonds. The summed E-state index contributed by atoms with van der Waals surface area (Å²) in [5.41, 5.74) is 1.34. The fourth-order valence-electron chi connectivity index (χ4n) is 3.11. The van der Waals surface area contributed by atoms with Crippen LogP contribution in [0.4, 0.5) is 0 Å². The van der Waals surface area contributed by atoms with Crippen molar-refractivity contribution < 1.29 is 0 Å². The molecule has 18 heavy (non-hydrogen) atoms. The molecule has 1 N–H and O–H groups in total. The van der Waals surface area contributed by atoms with E-state index in [1.807, 2.05) is 6.20 Å². The van der Waals surface area contributed by atoms with E-state index in [4.69, 9.17) is 0 Å². The maximum absolute atomic E-state index is 4.46. The Morgan fingerprint density at radius 3 is 2.72 bits per heavy atom. The Bertz CT molecular complexity index is 369. The SMILES string of the molecule is CCNC(c1c(Br)cnn1CC)C1CCCCC1. The molecule has 1 unspecified atom stereocenters. The lowest BCUT2D eigenvalue weighted by atomic mass is 9.82. The maximum atomic E-state index is 4.46. The number of aromatic nitrogens is 2. The van der Waals surface area contributed by atoms with Gasteiger partial charge in [0.2, 0.25) is 0 Å². The van der Waals surface area contributed by atoms with E-state index in [2.05, 4.69) is 44.9 Å². The highest BCUT2D eigenvalue weighted by Gasteiger charge is 2.28. The molecule has 1 heterocycles. The van der Waals surface area contributed by atoms with Crippen LogP contribution in [0.5, 0.6) is 0 Å². The molecular weight excluding hydrogens is 290 g/mol. The second kappa shape index (κ2) is 6.71. The summed E-state index contributed by atoms with van der Waals surface area (Å²) in [4.78, 5) is 0. The van der Waals surface area contributed by atoms with Crippen LogP contribution in [-0.4, -0.2) is 16.3 Å². The van der Waals surface area contributed by atoms with Crippen molar-refractivity contribution in [1.82, 2.24) is 15.1 Å². The number of rotatable bonds is 5. The zero-order chi connectivity index (χ0) is 13.0. The summed E-state index contributed by atoms with van der Waals surface area (Å²) in [7, 11) is 0. The Morgan fingerprint density at radius 1 is 1.39 bits per heavy atom. The predicted octanol–water partition coefficient (Wildman–Crippen LogP) is 3.90. The summed E-state index contributed by atoms with van der Waals surface area (Å²) >= 11 is 3.67. The Kier molecular flexibility index (Phi) is 5.25. The quantitative estimate of drug-likeness (QED) is 0.893. The van der Waals surface area contributed by atoms with E-state index in [0.717, 1.165) is 23.5 Å². The van der Waals surface area contributed by atoms with Gasteiger partial charge in [0.25, 0.3) is 0 Å². The van der Waals surface area contributed by atoms with E-state index < -0.39 is 0 Å². The van der Waals surface area contributed by atoms with Gasteiger partial charge in [0.1, 0.15) is 0 Å². The molecule has 102 valence electrons. The van der Waals surface area contributed by atoms with Crippen LogP contribution in [0.25, 0.3) is 0 Å². The van der Waals surface area contributed by atoms with Gasteiger partial charge in [-0.05, 0) is 48.2 Å². The smallest absolute Gasteiger partial charge is 0.0698 e. The largest absolute Gasteiger partial charge is 0.309 e. The third-order valence-electron chi connectivity index (χ3n) is 3.97. The van der Waals surface area contributed by atoms with Crippen molar-refractivity contribution in [1.29, 1.82) is 0 Å². The molecule has 1 fully saturated rings. The molecule has 0 aliphatic heterocycles. The van der Waals surface area contributed by atoms with Gasteiger partial charge < -0.3 is 5.32 Å². The van der Waals surface area contributed by atoms with Crippen LogP contribution in [0.1, 0.15) is 57.7 Å². The van der Waals surface area contributed by atoms with Gasteiger partial charge in [0.05, 0.1) is 22.4 Å². The molecule has 0 radical (unpaired) electrons. The summed E-state index contributed by atoms with van der Waals surface area (Å²) < 4.78 is 3.28. The standard InChI is InChI=1S/C14H24BrN3/c1-3-16-13(11-8-6-5-7-9-11)14-12(15)10-17-18(14)4-2/h10-11,13,16H,3-9H2,1-2H3. The third-order valence-corrected chi connectivity index (χ3v) is 4.58. The number of nitrogens with one attached hydrogen (secondary N) is 1. The second-order valence-electron chi connectivity index (χ2n) is 5.13. The van der Waals surface area contributed by atoms with Gasteiger partial charge >= 0.3 is 0 Å². The monoisotopic (exact) mass is 313 g/mol. The summed E-state index contributed by atoms with van der Waals surface area (Å²) in [6.07, 6.45) is 8.79. The van der Waals surface area contributed by atoms with Crippen LogP contribution >= 0.6 is 15.9 Å². The molecule has 1 aliphatic carbocycles. The van der Waals surface area contributed by atoms with Crippen molar-refractivity contribution in [2.45, 2.75) is 58.5 Å². The van der Waals surface area contributed by atoms with Gasteiger partial charge in [-0.15, -0.1) is 0 Å². The summed E-state index contributed by atoms with van der Waals surface area (Å²) in [6, 6.07) is 0.451. The molecule has 1 saturated carbocycles. The van der Waals surface area contributed by atoms with E-state index in [1.165, 1.54) is 37.8 Å². The molecule has 3 nitrogen and oxygen atoms in total. The molecule has 1 aromatic heterocycles. The topological polar surface area (TPSA) is 29.9 Å². The minimum atomic E-state index is 0.451. The fourth-order valence-corrected chi connectivity index (χ4v) is 3.65. The minimum Gasteiger partial charge on any atom is -0.309 e. The lowest BCUT2D eigenvalue weighted by molar-refractivity contribution is 0.263. The van der Waals surface area contributed by atoms with Crippen LogP contribution in [0, 0.1) is 5.92 Å². The Hall–Kier alpha value is -0.350. The van der Waals surface area contributed by atoms with Crippen molar-refractivity contribution >= 4 is 15.9 Å². The van der Waals surface area contributed by atoms with Crippen molar-refractivity contribution in [2.24, 2.45) is 5.92 Å². The lowest BCUT2D eigenvalue weighted by Gasteiger charge is -2.31. The highest BCUT2D eigenvalue weighted by atomic mass is 79.9. The van der Waals surface area contributed by atoms with Crippen LogP contribution in [0.15, 0.2) is 10.7 Å². The molecule has 0 saturated heterocycles. The number of hydrogen-bond acceptors (Lipinski definition) is 2. The zero-order valence-electron chi connectivity index (χ0n) is 11.5. The molecule has 1 aliphatic rings. The highest BCUT2D eigenvalue weighted by molar-refractivity contribution is 9.10. The van der Waals surface area contributed by atoms with Crippen LogP contribution in [0.3, 0.4) is 0 Å². The van der Waals surface area contributed by atoms with Gasteiger partial charge in [-0.1, -0.05) is 26.2 Å². The Labute approximate surface area is 118 Å². The molecular formula is C14H24BrN3. The molecule has 0 aromatic carbocycles. The number of aryl methyl sites for hydroxylation is 1. The lowest BCUT2D eigenvalue weighted by Crippen LogP contribution is -2.31. The van der Waals surface area contributed by atoms with E-state index in [9.17, 15) is 0 Å². The van der Waals surface area contributed by atoms with E-state index >= 15 is 0 Å². The van der Waals surface area contributed by atoms with Crippen LogP contribution < -0.4 is 5.32 Å². The number of hydrogen-bond donors (Lipinski definition) is 1. The Balaban J connectivity index is 2.24. The fraction of sp³-hybridized carbons (Fsp3) is 0.786. The van der Waals surface area contributed by atoms with Gasteiger partial charge in [0, 0.05) is 6.54 Å². The molecule has 1 atom stereocenters. The first-order chi connectivity index (χ1) is 8.77. The highest BCUT2D eigenvalue weighted by Crippen LogP contribution is 2.37. The Morgan fingerprint density at radius 2 is 2.11 bits per heavy atom. The van der Waals surface area contributed by atoms with E-state index in [1.54, 1.807) is 0 Å². The van der Waals surface area contributed by atoms with Crippen molar-refractivity contribution in [3.05, 3.63) is 16.4 Å². The van der Waals surface area contributed by atoms with Crippen molar-refractivity contribution in [2.75, 3.05) is 6.54 Å². The minimum absolute atomic E-state index is 0.451. The second-order valence-corrected chi connectivity index (χ2v) is 5.98. The zero-order valence-corrected chi connectivity index (χ0v) is 13.0. The normalized spacial score (nSPS) is 19.1. The number of nitrogens with zero attached hydrogens (tertiary/aromatic N) is 2. The number of halogens is 1. The maximum Gasteiger partial charge on any atom is 0.0698 e. The first-order valence-corrected chi connectivity index (χ1v) is 8.01. The molecule has 2 rings (SSSR count). The van der Waals surface area contributed by atoms with Gasteiger partial charge in [-0.25, -0.2) is 0 Å². The average Bonchev–Trinajstić information content (AvgIpc) is 2.78. The van der Waals surface area contributed by atoms with Crippen LogP contribution in [-0.2, 0) is 6.54 Å². The summed E-state index contributed by atoms with van der Waals surface area (Å²) in [5.74, 6) is 0.761. The molecule has 1 aromatic rings. The van der Waals surface area contributed by atoms with Crippen molar-refractivity contribution in [3.63, 3.8) is 0 Å². The van der Waals surface area contributed by atoms with E-state index in [-0.39, 0.29) is 0 Å².